The Hall–Kier alpha value is -2.51. The summed E-state index contributed by atoms with van der Waals surface area (Å²) in [6.07, 6.45) is 8.87. The van der Waals surface area contributed by atoms with Gasteiger partial charge in [-0.25, -0.2) is 0 Å². The molecule has 0 radical (unpaired) electrons. The van der Waals surface area contributed by atoms with Crippen molar-refractivity contribution in [1.29, 1.82) is 0 Å². The number of hydrogen-bond donors (Lipinski definition) is 0. The second-order valence-corrected chi connectivity index (χ2v) is 8.01. The highest BCUT2D eigenvalue weighted by Crippen LogP contribution is 2.55. The molecule has 7 nitrogen and oxygen atoms in total. The number of rotatable bonds is 3. The molecule has 2 aliphatic carbocycles. The molecule has 1 aromatic rings. The fraction of sp³-hybridized carbons (Fsp3) is 0.522. The van der Waals surface area contributed by atoms with E-state index in [9.17, 15) is 4.79 Å². The van der Waals surface area contributed by atoms with Crippen LogP contribution in [0.4, 0.5) is 0 Å². The lowest BCUT2D eigenvalue weighted by molar-refractivity contribution is -0.256. The molecule has 6 rings (SSSR count). The van der Waals surface area contributed by atoms with E-state index in [1.54, 1.807) is 21.3 Å². The molecular weight excluding hydrogens is 388 g/mol. The molecule has 160 valence electrons. The van der Waals surface area contributed by atoms with E-state index in [4.69, 9.17) is 28.4 Å². The first-order valence-electron chi connectivity index (χ1n) is 10.3. The Bertz CT molecular complexity index is 941. The molecule has 3 heterocycles. The second-order valence-electron chi connectivity index (χ2n) is 8.01. The van der Waals surface area contributed by atoms with Crippen molar-refractivity contribution in [3.05, 3.63) is 35.4 Å². The molecule has 0 saturated carbocycles. The molecule has 2 bridgehead atoms. The Balaban J connectivity index is 1.77. The molecule has 1 fully saturated rings. The van der Waals surface area contributed by atoms with Crippen molar-refractivity contribution in [2.45, 2.75) is 37.1 Å². The molecule has 7 heteroatoms. The van der Waals surface area contributed by atoms with Crippen LogP contribution in [0.3, 0.4) is 0 Å². The number of fused-ring (bicyclic) bond motifs is 2. The molecule has 5 aliphatic rings. The molecule has 1 saturated heterocycles. The van der Waals surface area contributed by atoms with Gasteiger partial charge in [0.25, 0.3) is 0 Å². The van der Waals surface area contributed by atoms with Crippen LogP contribution in [0, 0.1) is 5.92 Å². The Morgan fingerprint density at radius 3 is 2.47 bits per heavy atom. The van der Waals surface area contributed by atoms with Gasteiger partial charge in [-0.1, -0.05) is 6.08 Å². The first kappa shape index (κ1) is 19.5. The number of esters is 1. The van der Waals surface area contributed by atoms with Crippen molar-refractivity contribution >= 4 is 11.5 Å². The SMILES string of the molecule is COc1cc2c(c(OC)c1OC)C1=CC3C(=O)OC1(C=CC31OCCCO1)CCC2. The summed E-state index contributed by atoms with van der Waals surface area (Å²) >= 11 is 0. The van der Waals surface area contributed by atoms with Crippen LogP contribution in [0.1, 0.15) is 30.4 Å². The Labute approximate surface area is 175 Å². The molecule has 0 aromatic heterocycles. The summed E-state index contributed by atoms with van der Waals surface area (Å²) in [5.74, 6) is -0.423. The van der Waals surface area contributed by atoms with E-state index in [-0.39, 0.29) is 5.97 Å². The molecule has 0 N–H and O–H groups in total. The van der Waals surface area contributed by atoms with Gasteiger partial charge in [-0.15, -0.1) is 0 Å². The van der Waals surface area contributed by atoms with Gasteiger partial charge in [0.2, 0.25) is 11.5 Å². The predicted molar refractivity (Wildman–Crippen MR) is 108 cm³/mol. The van der Waals surface area contributed by atoms with Crippen molar-refractivity contribution < 1.29 is 33.2 Å². The lowest BCUT2D eigenvalue weighted by Crippen LogP contribution is -2.49. The van der Waals surface area contributed by atoms with E-state index in [0.29, 0.717) is 36.9 Å². The summed E-state index contributed by atoms with van der Waals surface area (Å²) in [6, 6.07) is 1.99. The third-order valence-corrected chi connectivity index (χ3v) is 6.46. The number of methoxy groups -OCH3 is 3. The Morgan fingerprint density at radius 2 is 1.77 bits per heavy atom. The third-order valence-electron chi connectivity index (χ3n) is 6.46. The highest BCUT2D eigenvalue weighted by molar-refractivity contribution is 5.93. The summed E-state index contributed by atoms with van der Waals surface area (Å²) in [4.78, 5) is 13.1. The average molecular weight is 414 g/mol. The number of carbonyl (C=O) groups is 1. The van der Waals surface area contributed by atoms with Crippen LogP contribution in [0.25, 0.3) is 5.57 Å². The Kier molecular flexibility index (Phi) is 4.56. The largest absolute Gasteiger partial charge is 0.493 e. The highest BCUT2D eigenvalue weighted by atomic mass is 16.7. The van der Waals surface area contributed by atoms with Gasteiger partial charge in [0, 0.05) is 11.1 Å². The normalized spacial score (nSPS) is 28.6. The minimum absolute atomic E-state index is 0.325. The van der Waals surface area contributed by atoms with Crippen LogP contribution in [-0.4, -0.2) is 51.9 Å². The molecule has 2 atom stereocenters. The predicted octanol–water partition coefficient (Wildman–Crippen LogP) is 3.05. The summed E-state index contributed by atoms with van der Waals surface area (Å²) in [6.45, 7) is 1.07. The van der Waals surface area contributed by atoms with Crippen LogP contribution >= 0.6 is 0 Å². The van der Waals surface area contributed by atoms with Crippen LogP contribution in [0.2, 0.25) is 0 Å². The van der Waals surface area contributed by atoms with Gasteiger partial charge >= 0.3 is 5.97 Å². The minimum Gasteiger partial charge on any atom is -0.493 e. The average Bonchev–Trinajstić information content (AvgIpc) is 3.05. The van der Waals surface area contributed by atoms with Crippen molar-refractivity contribution in [2.75, 3.05) is 34.5 Å². The van der Waals surface area contributed by atoms with E-state index in [1.807, 2.05) is 24.3 Å². The number of hydrogen-bond acceptors (Lipinski definition) is 7. The van der Waals surface area contributed by atoms with Crippen LogP contribution in [0.5, 0.6) is 17.2 Å². The Morgan fingerprint density at radius 1 is 1.00 bits per heavy atom. The van der Waals surface area contributed by atoms with E-state index >= 15 is 0 Å². The van der Waals surface area contributed by atoms with Crippen molar-refractivity contribution in [1.82, 2.24) is 0 Å². The maximum Gasteiger partial charge on any atom is 0.319 e. The molecule has 1 aromatic carbocycles. The minimum atomic E-state index is -1.12. The summed E-state index contributed by atoms with van der Waals surface area (Å²) in [5.41, 5.74) is 1.97. The fourth-order valence-corrected chi connectivity index (χ4v) is 5.08. The summed E-state index contributed by atoms with van der Waals surface area (Å²) in [5, 5.41) is 0. The molecule has 0 amide bonds. The smallest absolute Gasteiger partial charge is 0.319 e. The summed E-state index contributed by atoms with van der Waals surface area (Å²) < 4.78 is 35.1. The zero-order valence-electron chi connectivity index (χ0n) is 17.5. The zero-order chi connectivity index (χ0) is 20.9. The van der Waals surface area contributed by atoms with Crippen LogP contribution < -0.4 is 14.2 Å². The lowest BCUT2D eigenvalue weighted by Gasteiger charge is -2.40. The monoisotopic (exact) mass is 414 g/mol. The maximum atomic E-state index is 13.1. The number of carbonyl (C=O) groups excluding carboxylic acids is 1. The number of aryl methyl sites for hydroxylation is 1. The molecule has 30 heavy (non-hydrogen) atoms. The maximum absolute atomic E-state index is 13.1. The van der Waals surface area contributed by atoms with Crippen molar-refractivity contribution in [3.8, 4) is 17.2 Å². The topological polar surface area (TPSA) is 72.5 Å². The fourth-order valence-electron chi connectivity index (χ4n) is 5.08. The van der Waals surface area contributed by atoms with Gasteiger partial charge in [0.15, 0.2) is 17.1 Å². The van der Waals surface area contributed by atoms with Gasteiger partial charge in [0.05, 0.1) is 34.5 Å². The van der Waals surface area contributed by atoms with E-state index in [0.717, 1.165) is 36.0 Å². The van der Waals surface area contributed by atoms with E-state index in [1.165, 1.54) is 0 Å². The van der Waals surface area contributed by atoms with E-state index in [2.05, 4.69) is 0 Å². The van der Waals surface area contributed by atoms with Gasteiger partial charge in [-0.05, 0) is 49.5 Å². The zero-order valence-corrected chi connectivity index (χ0v) is 17.5. The first-order valence-corrected chi connectivity index (χ1v) is 10.3. The quantitative estimate of drug-likeness (QED) is 0.556. The first-order chi connectivity index (χ1) is 14.6. The molecular formula is C23H26O7. The van der Waals surface area contributed by atoms with Crippen LogP contribution in [-0.2, 0) is 25.4 Å². The van der Waals surface area contributed by atoms with Crippen molar-refractivity contribution in [3.63, 3.8) is 0 Å². The third kappa shape index (κ3) is 2.61. The van der Waals surface area contributed by atoms with Gasteiger partial charge in [-0.3, -0.25) is 4.79 Å². The highest BCUT2D eigenvalue weighted by Gasteiger charge is 2.56. The van der Waals surface area contributed by atoms with Gasteiger partial charge in [0.1, 0.15) is 5.92 Å². The molecule has 2 spiro atoms. The van der Waals surface area contributed by atoms with E-state index < -0.39 is 17.3 Å². The number of ether oxygens (including phenoxy) is 6. The lowest BCUT2D eigenvalue weighted by atomic mass is 9.81. The molecule has 3 aliphatic heterocycles. The second kappa shape index (κ2) is 7.03. The molecule has 2 unspecified atom stereocenters. The van der Waals surface area contributed by atoms with Gasteiger partial charge in [-0.2, -0.15) is 0 Å². The summed E-state index contributed by atoms with van der Waals surface area (Å²) in [7, 11) is 4.81. The standard InChI is InChI=1S/C23H26O7/c1-25-17-12-14-6-4-7-22-8-9-23(28-10-5-11-29-23)16(21(24)30-22)13-15(22)18(14)20(27-3)19(17)26-2/h8-9,12-13,16H,4-7,10-11H2,1-3H3. The van der Waals surface area contributed by atoms with Gasteiger partial charge < -0.3 is 28.4 Å². The van der Waals surface area contributed by atoms with Crippen LogP contribution in [0.15, 0.2) is 24.3 Å². The number of benzene rings is 1. The van der Waals surface area contributed by atoms with Crippen molar-refractivity contribution in [2.24, 2.45) is 5.92 Å².